The second-order valence-corrected chi connectivity index (χ2v) is 11.8. The summed E-state index contributed by atoms with van der Waals surface area (Å²) < 4.78 is 94.6. The van der Waals surface area contributed by atoms with Crippen LogP contribution in [0.15, 0.2) is 42.5 Å². The fourth-order valence-electron chi connectivity index (χ4n) is 6.29. The Balaban J connectivity index is 1.56. The lowest BCUT2D eigenvalue weighted by Gasteiger charge is -2.45. The molecule has 2 aromatic carbocycles. The van der Waals surface area contributed by atoms with E-state index < -0.39 is 53.0 Å². The van der Waals surface area contributed by atoms with Crippen molar-refractivity contribution in [3.8, 4) is 0 Å². The van der Waals surface area contributed by atoms with Crippen LogP contribution in [-0.2, 0) is 21.9 Å². The van der Waals surface area contributed by atoms with E-state index in [4.69, 9.17) is 0 Å². The average Bonchev–Trinajstić information content (AvgIpc) is 2.98. The van der Waals surface area contributed by atoms with Crippen molar-refractivity contribution < 1.29 is 45.1 Å². The molecule has 0 unspecified atom stereocenters. The van der Waals surface area contributed by atoms with Crippen molar-refractivity contribution in [2.24, 2.45) is 5.92 Å². The number of carbonyl (C=O) groups excluding carboxylic acids is 3. The summed E-state index contributed by atoms with van der Waals surface area (Å²) in [5.41, 5.74) is -3.06. The molecule has 2 fully saturated rings. The third-order valence-electron chi connectivity index (χ3n) is 8.72. The summed E-state index contributed by atoms with van der Waals surface area (Å²) in [7, 11) is 2.50. The van der Waals surface area contributed by atoms with Gasteiger partial charge in [-0.1, -0.05) is 12.1 Å². The summed E-state index contributed by atoms with van der Waals surface area (Å²) in [6.07, 6.45) is -7.41. The molecular weight excluding hydrogens is 609 g/mol. The molecule has 246 valence electrons. The van der Waals surface area contributed by atoms with Gasteiger partial charge in [-0.2, -0.15) is 26.3 Å². The van der Waals surface area contributed by atoms with Crippen molar-refractivity contribution in [2.75, 3.05) is 32.1 Å². The zero-order valence-electron chi connectivity index (χ0n) is 25.0. The van der Waals surface area contributed by atoms with E-state index in [0.717, 1.165) is 11.9 Å². The van der Waals surface area contributed by atoms with Gasteiger partial charge in [-0.25, -0.2) is 9.18 Å². The SMILES string of the molecule is CC(=O)N[C@H]1CC[C@H](C(=O)N2CC[C@@H](N(C)C(=O)N(C)c3cc(C(F)(F)F)cc(C(F)(F)F)c3)[C@H](c3ccc(F)cc3)C2)CC1. The Hall–Kier alpha value is -3.84. The summed E-state index contributed by atoms with van der Waals surface area (Å²) in [6.45, 7) is 1.87. The Kier molecular flexibility index (Phi) is 10.0. The molecule has 45 heavy (non-hydrogen) atoms. The Morgan fingerprint density at radius 3 is 1.91 bits per heavy atom. The van der Waals surface area contributed by atoms with Gasteiger partial charge in [0.25, 0.3) is 0 Å². The second-order valence-electron chi connectivity index (χ2n) is 11.8. The third kappa shape index (κ3) is 8.06. The van der Waals surface area contributed by atoms with Crippen molar-refractivity contribution >= 4 is 23.5 Å². The molecule has 4 rings (SSSR count). The largest absolute Gasteiger partial charge is 0.416 e. The fraction of sp³-hybridized carbons (Fsp3) is 0.516. The lowest BCUT2D eigenvalue weighted by molar-refractivity contribution is -0.143. The number of nitrogens with zero attached hydrogens (tertiary/aromatic N) is 3. The maximum absolute atomic E-state index is 13.8. The summed E-state index contributed by atoms with van der Waals surface area (Å²) >= 11 is 0. The van der Waals surface area contributed by atoms with Gasteiger partial charge in [-0.15, -0.1) is 0 Å². The monoisotopic (exact) mass is 644 g/mol. The highest BCUT2D eigenvalue weighted by molar-refractivity contribution is 5.92. The van der Waals surface area contributed by atoms with Gasteiger partial charge in [0.2, 0.25) is 11.8 Å². The van der Waals surface area contributed by atoms with E-state index in [1.165, 1.54) is 43.1 Å². The first-order valence-electron chi connectivity index (χ1n) is 14.6. The molecule has 4 amide bonds. The molecule has 1 heterocycles. The molecule has 2 aliphatic rings. The van der Waals surface area contributed by atoms with E-state index in [2.05, 4.69) is 5.32 Å². The first-order valence-corrected chi connectivity index (χ1v) is 14.6. The van der Waals surface area contributed by atoms with Crippen LogP contribution in [0.25, 0.3) is 0 Å². The van der Waals surface area contributed by atoms with Gasteiger partial charge in [0.1, 0.15) is 5.82 Å². The molecule has 0 bridgehead atoms. The number of hydrogen-bond acceptors (Lipinski definition) is 3. The molecule has 1 saturated carbocycles. The number of halogens is 7. The molecular formula is C31H35F7N4O3. The minimum Gasteiger partial charge on any atom is -0.354 e. The first-order chi connectivity index (χ1) is 21.0. The minimum atomic E-state index is -5.08. The highest BCUT2D eigenvalue weighted by Gasteiger charge is 2.41. The number of likely N-dealkylation sites (N-methyl/N-ethyl adjacent to an activating group) is 1. The van der Waals surface area contributed by atoms with Crippen molar-refractivity contribution in [1.29, 1.82) is 0 Å². The van der Waals surface area contributed by atoms with Gasteiger partial charge in [0.15, 0.2) is 0 Å². The number of nitrogens with one attached hydrogen (secondary N) is 1. The normalized spacial score (nSPS) is 22.5. The van der Waals surface area contributed by atoms with E-state index >= 15 is 0 Å². The molecule has 14 heteroatoms. The van der Waals surface area contributed by atoms with Gasteiger partial charge in [0, 0.05) is 63.7 Å². The summed E-state index contributed by atoms with van der Waals surface area (Å²) in [4.78, 5) is 42.2. The molecule has 0 spiro atoms. The highest BCUT2D eigenvalue weighted by Crippen LogP contribution is 2.39. The summed E-state index contributed by atoms with van der Waals surface area (Å²) in [6, 6.07) is 5.06. The topological polar surface area (TPSA) is 73.0 Å². The molecule has 0 radical (unpaired) electrons. The maximum atomic E-state index is 13.8. The van der Waals surface area contributed by atoms with Crippen molar-refractivity contribution in [3.63, 3.8) is 0 Å². The van der Waals surface area contributed by atoms with Crippen LogP contribution in [0, 0.1) is 11.7 Å². The Bertz CT molecular complexity index is 1360. The summed E-state index contributed by atoms with van der Waals surface area (Å²) in [5, 5.41) is 2.88. The molecule has 1 aliphatic carbocycles. The zero-order chi connectivity index (χ0) is 33.3. The lowest BCUT2D eigenvalue weighted by atomic mass is 9.82. The smallest absolute Gasteiger partial charge is 0.354 e. The van der Waals surface area contributed by atoms with Crippen LogP contribution in [0.3, 0.4) is 0 Å². The minimum absolute atomic E-state index is 0.00457. The first kappa shape index (κ1) is 34.0. The average molecular weight is 645 g/mol. The van der Waals surface area contributed by atoms with Gasteiger partial charge < -0.3 is 15.1 Å². The quantitative estimate of drug-likeness (QED) is 0.382. The molecule has 0 aromatic heterocycles. The number of hydrogen-bond donors (Lipinski definition) is 1. The Morgan fingerprint density at radius 2 is 1.40 bits per heavy atom. The number of urea groups is 1. The molecule has 2 aromatic rings. The molecule has 1 saturated heterocycles. The fourth-order valence-corrected chi connectivity index (χ4v) is 6.29. The summed E-state index contributed by atoms with van der Waals surface area (Å²) in [5.74, 6) is -1.48. The predicted octanol–water partition coefficient (Wildman–Crippen LogP) is 6.43. The van der Waals surface area contributed by atoms with E-state index in [0.29, 0.717) is 43.4 Å². The Morgan fingerprint density at radius 1 is 0.844 bits per heavy atom. The number of benzene rings is 2. The van der Waals surface area contributed by atoms with Gasteiger partial charge in [-0.3, -0.25) is 14.5 Å². The van der Waals surface area contributed by atoms with Crippen LogP contribution in [0.4, 0.5) is 41.2 Å². The molecule has 7 nitrogen and oxygen atoms in total. The van der Waals surface area contributed by atoms with E-state index in [9.17, 15) is 45.1 Å². The van der Waals surface area contributed by atoms with Gasteiger partial charge in [-0.05, 0) is 68.0 Å². The molecule has 1 aliphatic heterocycles. The van der Waals surface area contributed by atoms with E-state index in [-0.39, 0.29) is 49.4 Å². The van der Waals surface area contributed by atoms with Gasteiger partial charge in [0.05, 0.1) is 11.1 Å². The molecule has 2 atom stereocenters. The Labute approximate surface area is 256 Å². The third-order valence-corrected chi connectivity index (χ3v) is 8.72. The van der Waals surface area contributed by atoms with Crippen LogP contribution in [0.2, 0.25) is 0 Å². The standard InChI is InChI=1S/C31H35F7N4O3/c1-18(43)39-24-10-6-20(7-11-24)28(44)42-13-12-27(26(17-42)19-4-8-23(32)9-5-19)41(3)29(45)40(2)25-15-21(30(33,34)35)14-22(16-25)31(36,37)38/h4-5,8-9,14-16,20,24,26-27H,6-7,10-13,17H2,1-3H3,(H,39,43)/t20-,24-,26-,27+/m0/s1. The van der Waals surface area contributed by atoms with Crippen LogP contribution in [0.1, 0.15) is 61.6 Å². The van der Waals surface area contributed by atoms with Crippen molar-refractivity contribution in [2.45, 2.75) is 69.4 Å². The maximum Gasteiger partial charge on any atom is 0.416 e. The van der Waals surface area contributed by atoms with E-state index in [1.807, 2.05) is 0 Å². The van der Waals surface area contributed by atoms with Crippen LogP contribution in [-0.4, -0.2) is 66.9 Å². The van der Waals surface area contributed by atoms with E-state index in [1.54, 1.807) is 4.90 Å². The van der Waals surface area contributed by atoms with Crippen molar-refractivity contribution in [1.82, 2.24) is 15.1 Å². The highest BCUT2D eigenvalue weighted by atomic mass is 19.4. The van der Waals surface area contributed by atoms with Crippen LogP contribution in [0.5, 0.6) is 0 Å². The number of likely N-dealkylation sites (tertiary alicyclic amines) is 1. The zero-order valence-corrected chi connectivity index (χ0v) is 25.0. The number of piperidine rings is 1. The van der Waals surface area contributed by atoms with Crippen molar-refractivity contribution in [3.05, 3.63) is 65.0 Å². The number of alkyl halides is 6. The second kappa shape index (κ2) is 13.3. The van der Waals surface area contributed by atoms with Gasteiger partial charge >= 0.3 is 18.4 Å². The van der Waals surface area contributed by atoms with Crippen LogP contribution >= 0.6 is 0 Å². The number of amides is 4. The molecule has 1 N–H and O–H groups in total. The number of rotatable bonds is 5. The number of anilines is 1. The predicted molar refractivity (Wildman–Crippen MR) is 152 cm³/mol. The lowest BCUT2D eigenvalue weighted by Crippen LogP contribution is -2.55. The number of carbonyl (C=O) groups is 3. The van der Waals surface area contributed by atoms with Crippen LogP contribution < -0.4 is 10.2 Å².